The number of hydrogen-bond acceptors (Lipinski definition) is 2. The van der Waals surface area contributed by atoms with Crippen LogP contribution < -0.4 is 0 Å². The second-order valence-electron chi connectivity index (χ2n) is 5.14. The van der Waals surface area contributed by atoms with Crippen molar-refractivity contribution < 1.29 is 30.8 Å². The van der Waals surface area contributed by atoms with Crippen molar-refractivity contribution in [1.82, 2.24) is 4.98 Å². The lowest BCUT2D eigenvalue weighted by Crippen LogP contribution is -2.34. The Bertz CT molecular complexity index is 833. The molecule has 3 rings (SSSR count). The molecule has 0 amide bonds. The Hall–Kier alpha value is -2.51. The van der Waals surface area contributed by atoms with E-state index in [9.17, 15) is 26.3 Å². The first-order valence-electron chi connectivity index (χ1n) is 6.74. The van der Waals surface area contributed by atoms with E-state index >= 15 is 0 Å². The molecule has 2 nitrogen and oxygen atoms in total. The Kier molecular flexibility index (Phi) is 3.77. The van der Waals surface area contributed by atoms with Crippen molar-refractivity contribution >= 4 is 11.1 Å². The van der Waals surface area contributed by atoms with Crippen LogP contribution in [0, 0.1) is 0 Å². The summed E-state index contributed by atoms with van der Waals surface area (Å²) in [6.45, 7) is 0. The Morgan fingerprint density at radius 1 is 0.833 bits per heavy atom. The van der Waals surface area contributed by atoms with Gasteiger partial charge in [-0.25, -0.2) is 4.98 Å². The summed E-state index contributed by atoms with van der Waals surface area (Å²) in [6.07, 6.45) is -9.61. The van der Waals surface area contributed by atoms with Gasteiger partial charge in [-0.2, -0.15) is 26.3 Å². The van der Waals surface area contributed by atoms with E-state index in [1.165, 1.54) is 18.5 Å². The fourth-order valence-electron chi connectivity index (χ4n) is 2.54. The van der Waals surface area contributed by atoms with Crippen molar-refractivity contribution in [2.75, 3.05) is 0 Å². The van der Waals surface area contributed by atoms with Crippen LogP contribution in [-0.4, -0.2) is 17.3 Å². The summed E-state index contributed by atoms with van der Waals surface area (Å²) in [5, 5.41) is 0. The predicted octanol–water partition coefficient (Wildman–Crippen LogP) is 5.70. The largest absolute Gasteiger partial charge is 0.443 e. The van der Waals surface area contributed by atoms with Crippen LogP contribution in [0.25, 0.3) is 22.2 Å². The van der Waals surface area contributed by atoms with Crippen molar-refractivity contribution in [3.8, 4) is 11.1 Å². The fourth-order valence-corrected chi connectivity index (χ4v) is 2.54. The van der Waals surface area contributed by atoms with E-state index in [0.29, 0.717) is 22.2 Å². The van der Waals surface area contributed by atoms with Crippen LogP contribution in [-0.2, 0) is 0 Å². The Balaban J connectivity index is 2.03. The zero-order valence-corrected chi connectivity index (χ0v) is 11.8. The summed E-state index contributed by atoms with van der Waals surface area (Å²) in [4.78, 5) is 4.00. The number of halogens is 6. The van der Waals surface area contributed by atoms with Crippen LogP contribution in [0.5, 0.6) is 0 Å². The molecule has 1 aromatic heterocycles. The number of alkyl halides is 6. The maximum atomic E-state index is 12.7. The van der Waals surface area contributed by atoms with Crippen LogP contribution in [0.1, 0.15) is 11.5 Å². The van der Waals surface area contributed by atoms with Gasteiger partial charge in [-0.05, 0) is 17.2 Å². The Labute approximate surface area is 131 Å². The fraction of sp³-hybridized carbons (Fsp3) is 0.188. The lowest BCUT2D eigenvalue weighted by molar-refractivity contribution is -0.253. The van der Waals surface area contributed by atoms with Crippen LogP contribution >= 0.6 is 0 Å². The quantitative estimate of drug-likeness (QED) is 0.557. The molecule has 0 saturated carbocycles. The van der Waals surface area contributed by atoms with Crippen molar-refractivity contribution in [1.29, 1.82) is 0 Å². The lowest BCUT2D eigenvalue weighted by atomic mass is 9.95. The van der Waals surface area contributed by atoms with Gasteiger partial charge in [0.05, 0.1) is 0 Å². The molecule has 0 atom stereocenters. The second kappa shape index (κ2) is 5.54. The molecular formula is C16H9F6NO. The van der Waals surface area contributed by atoms with E-state index in [2.05, 4.69) is 4.98 Å². The first-order valence-corrected chi connectivity index (χ1v) is 6.74. The lowest BCUT2D eigenvalue weighted by Gasteiger charge is -2.23. The minimum Gasteiger partial charge on any atom is -0.443 e. The SMILES string of the molecule is FC(F)(F)C(c1ccc(-c2cccc3ocnc23)cc1)C(F)(F)F. The molecular weight excluding hydrogens is 336 g/mol. The van der Waals surface area contributed by atoms with Gasteiger partial charge in [0, 0.05) is 5.56 Å². The summed E-state index contributed by atoms with van der Waals surface area (Å²) >= 11 is 0. The maximum absolute atomic E-state index is 12.7. The molecule has 24 heavy (non-hydrogen) atoms. The van der Waals surface area contributed by atoms with Gasteiger partial charge in [0.25, 0.3) is 0 Å². The number of para-hydroxylation sites is 1. The van der Waals surface area contributed by atoms with Gasteiger partial charge in [0.2, 0.25) is 0 Å². The van der Waals surface area contributed by atoms with E-state index < -0.39 is 23.8 Å². The number of aromatic nitrogens is 1. The zero-order chi connectivity index (χ0) is 17.5. The molecule has 0 aliphatic rings. The molecule has 1 heterocycles. The third-order valence-corrected chi connectivity index (χ3v) is 3.57. The van der Waals surface area contributed by atoms with Gasteiger partial charge < -0.3 is 4.42 Å². The normalized spacial score (nSPS) is 13.0. The third kappa shape index (κ3) is 2.95. The highest BCUT2D eigenvalue weighted by molar-refractivity contribution is 5.90. The predicted molar refractivity (Wildman–Crippen MR) is 74.3 cm³/mol. The third-order valence-electron chi connectivity index (χ3n) is 3.57. The highest BCUT2D eigenvalue weighted by Crippen LogP contribution is 2.46. The summed E-state index contributed by atoms with van der Waals surface area (Å²) in [5.41, 5.74) is 1.10. The minimum absolute atomic E-state index is 0.446. The Morgan fingerprint density at radius 3 is 2.04 bits per heavy atom. The van der Waals surface area contributed by atoms with Crippen molar-refractivity contribution in [3.63, 3.8) is 0 Å². The highest BCUT2D eigenvalue weighted by Gasteiger charge is 2.57. The van der Waals surface area contributed by atoms with E-state index in [4.69, 9.17) is 4.42 Å². The van der Waals surface area contributed by atoms with Crippen LogP contribution in [0.3, 0.4) is 0 Å². The van der Waals surface area contributed by atoms with Crippen LogP contribution in [0.15, 0.2) is 53.3 Å². The first kappa shape index (κ1) is 16.4. The van der Waals surface area contributed by atoms with Gasteiger partial charge in [-0.1, -0.05) is 36.4 Å². The van der Waals surface area contributed by atoms with E-state index in [1.54, 1.807) is 18.2 Å². The van der Waals surface area contributed by atoms with Crippen LogP contribution in [0.4, 0.5) is 26.3 Å². The van der Waals surface area contributed by atoms with Crippen LogP contribution in [0.2, 0.25) is 0 Å². The van der Waals surface area contributed by atoms with E-state index in [1.807, 2.05) is 0 Å². The van der Waals surface area contributed by atoms with Gasteiger partial charge in [-0.15, -0.1) is 0 Å². The first-order chi connectivity index (χ1) is 11.2. The molecule has 0 unspecified atom stereocenters. The van der Waals surface area contributed by atoms with Gasteiger partial charge in [-0.3, -0.25) is 0 Å². The second-order valence-corrected chi connectivity index (χ2v) is 5.14. The number of hydrogen-bond donors (Lipinski definition) is 0. The molecule has 8 heteroatoms. The van der Waals surface area contributed by atoms with Gasteiger partial charge in [0.1, 0.15) is 5.52 Å². The number of fused-ring (bicyclic) bond motifs is 1. The molecule has 3 aromatic rings. The number of benzene rings is 2. The highest BCUT2D eigenvalue weighted by atomic mass is 19.4. The number of oxazole rings is 1. The number of nitrogens with zero attached hydrogens (tertiary/aromatic N) is 1. The zero-order valence-electron chi connectivity index (χ0n) is 11.8. The molecule has 0 bridgehead atoms. The molecule has 0 aliphatic heterocycles. The molecule has 0 aliphatic carbocycles. The van der Waals surface area contributed by atoms with Crippen molar-refractivity contribution in [3.05, 3.63) is 54.4 Å². The minimum atomic E-state index is -5.41. The Morgan fingerprint density at radius 2 is 1.46 bits per heavy atom. The summed E-state index contributed by atoms with van der Waals surface area (Å²) in [6, 6.07) is 9.06. The summed E-state index contributed by atoms with van der Waals surface area (Å²) in [5.74, 6) is -3.51. The van der Waals surface area contributed by atoms with Crippen molar-refractivity contribution in [2.45, 2.75) is 18.3 Å². The summed E-state index contributed by atoms with van der Waals surface area (Å²) < 4.78 is 81.6. The molecule has 126 valence electrons. The molecule has 0 radical (unpaired) electrons. The van der Waals surface area contributed by atoms with Crippen molar-refractivity contribution in [2.24, 2.45) is 0 Å². The van der Waals surface area contributed by atoms with Gasteiger partial charge in [0.15, 0.2) is 17.9 Å². The molecule has 0 spiro atoms. The monoisotopic (exact) mass is 345 g/mol. The van der Waals surface area contributed by atoms with E-state index in [0.717, 1.165) is 12.1 Å². The van der Waals surface area contributed by atoms with Gasteiger partial charge >= 0.3 is 12.4 Å². The average molecular weight is 345 g/mol. The molecule has 2 aromatic carbocycles. The summed E-state index contributed by atoms with van der Waals surface area (Å²) in [7, 11) is 0. The van der Waals surface area contributed by atoms with E-state index in [-0.39, 0.29) is 0 Å². The molecule has 0 N–H and O–H groups in total. The smallest absolute Gasteiger partial charge is 0.404 e. The molecule has 0 saturated heterocycles. The maximum Gasteiger partial charge on any atom is 0.404 e. The molecule has 0 fully saturated rings. The average Bonchev–Trinajstić information content (AvgIpc) is 2.93. The topological polar surface area (TPSA) is 26.0 Å². The number of rotatable bonds is 2. The standard InChI is InChI=1S/C16H9F6NO/c17-15(18,19)14(16(20,21)22)10-6-4-9(5-7-10)11-2-1-3-12-13(11)23-8-24-12/h1-8,14H.